The maximum atomic E-state index is 12.1. The molecule has 5 heteroatoms. The number of nitrogens with one attached hydrogen (secondary N) is 2. The van der Waals surface area contributed by atoms with E-state index in [1.807, 2.05) is 29.6 Å². The molecule has 3 rings (SSSR count). The lowest BCUT2D eigenvalue weighted by Gasteiger charge is -2.02. The fourth-order valence-electron chi connectivity index (χ4n) is 2.02. The highest BCUT2D eigenvalue weighted by Crippen LogP contribution is 2.17. The van der Waals surface area contributed by atoms with Crippen molar-refractivity contribution in [2.75, 3.05) is 6.54 Å². The van der Waals surface area contributed by atoms with Crippen LogP contribution < -0.4 is 5.32 Å². The Morgan fingerprint density at radius 2 is 2.26 bits per heavy atom. The number of hydrogen-bond acceptors (Lipinski definition) is 3. The third-order valence-electron chi connectivity index (χ3n) is 2.98. The molecular weight excluding hydrogens is 258 g/mol. The molecule has 0 spiro atoms. The molecular formula is C14H13N3OS. The van der Waals surface area contributed by atoms with Gasteiger partial charge in [-0.15, -0.1) is 11.3 Å². The molecule has 4 nitrogen and oxygen atoms in total. The van der Waals surface area contributed by atoms with Gasteiger partial charge in [-0.3, -0.25) is 4.79 Å². The van der Waals surface area contributed by atoms with Crippen LogP contribution >= 0.6 is 11.3 Å². The maximum absolute atomic E-state index is 12.1. The monoisotopic (exact) mass is 271 g/mol. The van der Waals surface area contributed by atoms with Crippen molar-refractivity contribution in [3.05, 3.63) is 52.6 Å². The van der Waals surface area contributed by atoms with Gasteiger partial charge in [0, 0.05) is 35.4 Å². The maximum Gasteiger partial charge on any atom is 0.253 e. The highest BCUT2D eigenvalue weighted by atomic mass is 32.1. The summed E-state index contributed by atoms with van der Waals surface area (Å²) in [6, 6.07) is 7.79. The topological polar surface area (TPSA) is 57.8 Å². The minimum Gasteiger partial charge on any atom is -0.360 e. The molecule has 0 fully saturated rings. The van der Waals surface area contributed by atoms with Gasteiger partial charge in [0.1, 0.15) is 0 Å². The summed E-state index contributed by atoms with van der Waals surface area (Å²) in [5, 5.41) is 5.87. The third-order valence-corrected chi connectivity index (χ3v) is 3.62. The van der Waals surface area contributed by atoms with E-state index in [-0.39, 0.29) is 5.91 Å². The number of aromatic amines is 1. The van der Waals surface area contributed by atoms with Crippen LogP contribution in [0.15, 0.2) is 41.4 Å². The van der Waals surface area contributed by atoms with Crippen LogP contribution in [0.5, 0.6) is 0 Å². The van der Waals surface area contributed by atoms with Crippen molar-refractivity contribution in [1.82, 2.24) is 15.3 Å². The molecule has 0 aliphatic rings. The minimum absolute atomic E-state index is 0.0484. The van der Waals surface area contributed by atoms with Crippen molar-refractivity contribution < 1.29 is 4.79 Å². The summed E-state index contributed by atoms with van der Waals surface area (Å²) in [5.41, 5.74) is 4.49. The standard InChI is InChI=1S/C14H13N3OS/c18-14(15-6-5-10-8-19-9-17-10)12-7-16-13-4-2-1-3-11(12)13/h1-4,7-9,16H,5-6H2,(H,15,18). The number of rotatable bonds is 4. The first-order chi connectivity index (χ1) is 9.34. The predicted molar refractivity (Wildman–Crippen MR) is 76.4 cm³/mol. The molecule has 96 valence electrons. The van der Waals surface area contributed by atoms with Gasteiger partial charge in [-0.1, -0.05) is 18.2 Å². The number of hydrogen-bond donors (Lipinski definition) is 2. The van der Waals surface area contributed by atoms with Crippen LogP contribution in [0.2, 0.25) is 0 Å². The van der Waals surface area contributed by atoms with E-state index in [4.69, 9.17) is 0 Å². The van der Waals surface area contributed by atoms with Crippen LogP contribution in [0.1, 0.15) is 16.1 Å². The molecule has 2 aromatic heterocycles. The zero-order valence-corrected chi connectivity index (χ0v) is 11.0. The molecule has 1 amide bonds. The Bertz CT molecular complexity index is 688. The molecule has 2 N–H and O–H groups in total. The summed E-state index contributed by atoms with van der Waals surface area (Å²) < 4.78 is 0. The largest absolute Gasteiger partial charge is 0.360 e. The molecule has 0 saturated carbocycles. The lowest BCUT2D eigenvalue weighted by atomic mass is 10.1. The van der Waals surface area contributed by atoms with Gasteiger partial charge < -0.3 is 10.3 Å². The SMILES string of the molecule is O=C(NCCc1cscn1)c1c[nH]c2ccccc12. The number of carbonyl (C=O) groups is 1. The Kier molecular flexibility index (Phi) is 3.29. The molecule has 0 radical (unpaired) electrons. The van der Waals surface area contributed by atoms with Crippen molar-refractivity contribution in [3.63, 3.8) is 0 Å². The minimum atomic E-state index is -0.0484. The summed E-state index contributed by atoms with van der Waals surface area (Å²) in [6.45, 7) is 0.599. The van der Waals surface area contributed by atoms with Crippen molar-refractivity contribution in [1.29, 1.82) is 0 Å². The molecule has 1 aromatic carbocycles. The number of para-hydroxylation sites is 1. The van der Waals surface area contributed by atoms with Gasteiger partial charge in [-0.2, -0.15) is 0 Å². The summed E-state index contributed by atoms with van der Waals surface area (Å²) in [5.74, 6) is -0.0484. The van der Waals surface area contributed by atoms with E-state index in [1.54, 1.807) is 23.0 Å². The molecule has 2 heterocycles. The van der Waals surface area contributed by atoms with Gasteiger partial charge in [-0.25, -0.2) is 4.98 Å². The molecule has 0 unspecified atom stereocenters. The molecule has 0 bridgehead atoms. The van der Waals surface area contributed by atoms with Crippen molar-refractivity contribution in [3.8, 4) is 0 Å². The number of fused-ring (bicyclic) bond motifs is 1. The summed E-state index contributed by atoms with van der Waals surface area (Å²) in [7, 11) is 0. The number of aromatic nitrogens is 2. The first-order valence-electron chi connectivity index (χ1n) is 6.06. The van der Waals surface area contributed by atoms with Crippen molar-refractivity contribution in [2.24, 2.45) is 0 Å². The highest BCUT2D eigenvalue weighted by molar-refractivity contribution is 7.07. The molecule has 3 aromatic rings. The average molecular weight is 271 g/mol. The number of amides is 1. The van der Waals surface area contributed by atoms with Crippen molar-refractivity contribution >= 4 is 28.1 Å². The molecule has 0 aliphatic carbocycles. The molecule has 0 saturated heterocycles. The Hall–Kier alpha value is -2.14. The second kappa shape index (κ2) is 5.24. The van der Waals surface area contributed by atoms with Gasteiger partial charge in [0.15, 0.2) is 0 Å². The second-order valence-corrected chi connectivity index (χ2v) is 4.95. The molecule has 0 aliphatic heterocycles. The fourth-order valence-corrected chi connectivity index (χ4v) is 2.61. The van der Waals surface area contributed by atoms with Crippen molar-refractivity contribution in [2.45, 2.75) is 6.42 Å². The number of nitrogens with zero attached hydrogens (tertiary/aromatic N) is 1. The Balaban J connectivity index is 1.67. The fraction of sp³-hybridized carbons (Fsp3) is 0.143. The van der Waals surface area contributed by atoms with E-state index >= 15 is 0 Å². The number of thiazole rings is 1. The summed E-state index contributed by atoms with van der Waals surface area (Å²) in [4.78, 5) is 19.4. The van der Waals surface area contributed by atoms with Crippen LogP contribution in [0, 0.1) is 0 Å². The van der Waals surface area contributed by atoms with E-state index in [2.05, 4.69) is 15.3 Å². The van der Waals surface area contributed by atoms with Crippen LogP contribution in [0.4, 0.5) is 0 Å². The predicted octanol–water partition coefficient (Wildman–Crippen LogP) is 2.60. The Morgan fingerprint density at radius 1 is 1.37 bits per heavy atom. The smallest absolute Gasteiger partial charge is 0.253 e. The van der Waals surface area contributed by atoms with E-state index < -0.39 is 0 Å². The van der Waals surface area contributed by atoms with E-state index in [1.165, 1.54) is 0 Å². The number of H-pyrrole nitrogens is 1. The lowest BCUT2D eigenvalue weighted by molar-refractivity contribution is 0.0956. The van der Waals surface area contributed by atoms with Crippen LogP contribution in [-0.4, -0.2) is 22.4 Å². The Morgan fingerprint density at radius 3 is 3.11 bits per heavy atom. The quantitative estimate of drug-likeness (QED) is 0.766. The van der Waals surface area contributed by atoms with Crippen LogP contribution in [0.25, 0.3) is 10.9 Å². The van der Waals surface area contributed by atoms with Crippen LogP contribution in [-0.2, 0) is 6.42 Å². The number of carbonyl (C=O) groups excluding carboxylic acids is 1. The normalized spacial score (nSPS) is 10.7. The zero-order valence-electron chi connectivity index (χ0n) is 10.2. The summed E-state index contributed by atoms with van der Waals surface area (Å²) in [6.07, 6.45) is 2.51. The van der Waals surface area contributed by atoms with Crippen LogP contribution in [0.3, 0.4) is 0 Å². The highest BCUT2D eigenvalue weighted by Gasteiger charge is 2.10. The number of benzene rings is 1. The summed E-state index contributed by atoms with van der Waals surface area (Å²) >= 11 is 1.57. The van der Waals surface area contributed by atoms with Gasteiger partial charge in [0.2, 0.25) is 0 Å². The van der Waals surface area contributed by atoms with Gasteiger partial charge in [-0.05, 0) is 6.07 Å². The van der Waals surface area contributed by atoms with Gasteiger partial charge in [0.25, 0.3) is 5.91 Å². The first kappa shape index (κ1) is 11.9. The second-order valence-electron chi connectivity index (χ2n) is 4.23. The van der Waals surface area contributed by atoms with Gasteiger partial charge >= 0.3 is 0 Å². The third kappa shape index (κ3) is 2.51. The van der Waals surface area contributed by atoms with E-state index in [9.17, 15) is 4.79 Å². The molecule has 0 atom stereocenters. The average Bonchev–Trinajstić information content (AvgIpc) is 3.07. The lowest BCUT2D eigenvalue weighted by Crippen LogP contribution is -2.25. The Labute approximate surface area is 114 Å². The molecule has 19 heavy (non-hydrogen) atoms. The van der Waals surface area contributed by atoms with E-state index in [0.717, 1.165) is 23.0 Å². The van der Waals surface area contributed by atoms with E-state index in [0.29, 0.717) is 12.1 Å². The zero-order chi connectivity index (χ0) is 13.1. The van der Waals surface area contributed by atoms with Gasteiger partial charge in [0.05, 0.1) is 16.8 Å². The first-order valence-corrected chi connectivity index (χ1v) is 7.00.